The van der Waals surface area contributed by atoms with Crippen molar-refractivity contribution in [3.8, 4) is 0 Å². The van der Waals surface area contributed by atoms with Crippen LogP contribution in [0.15, 0.2) is 54.6 Å². The van der Waals surface area contributed by atoms with Gasteiger partial charge in [0.1, 0.15) is 0 Å². The van der Waals surface area contributed by atoms with E-state index in [-0.39, 0.29) is 0 Å². The molecule has 2 heterocycles. The maximum absolute atomic E-state index is 10.2. The molecular weight excluding hydrogens is 430 g/mol. The number of rotatable bonds is 9. The summed E-state index contributed by atoms with van der Waals surface area (Å²) in [6.07, 6.45) is 2.75. The molecule has 1 aliphatic heterocycles. The van der Waals surface area contributed by atoms with Crippen molar-refractivity contribution in [2.75, 3.05) is 31.7 Å². The maximum Gasteiger partial charge on any atom is 0.293 e. The van der Waals surface area contributed by atoms with Gasteiger partial charge in [-0.1, -0.05) is 30.3 Å². The van der Waals surface area contributed by atoms with Gasteiger partial charge in [0.25, 0.3) is 6.47 Å². The van der Waals surface area contributed by atoms with Crippen LogP contribution in [0, 0.1) is 6.92 Å². The number of fused-ring (bicyclic) bond motifs is 1. The lowest BCUT2D eigenvalue weighted by Crippen LogP contribution is -2.21. The van der Waals surface area contributed by atoms with Crippen molar-refractivity contribution in [3.05, 3.63) is 65.9 Å². The number of anilines is 1. The lowest BCUT2D eigenvalue weighted by atomic mass is 9.93. The summed E-state index contributed by atoms with van der Waals surface area (Å²) < 4.78 is 9.40. The van der Waals surface area contributed by atoms with Crippen molar-refractivity contribution in [1.82, 2.24) is 10.3 Å². The van der Waals surface area contributed by atoms with Crippen molar-refractivity contribution in [3.63, 3.8) is 0 Å². The van der Waals surface area contributed by atoms with Crippen molar-refractivity contribution < 1.29 is 19.1 Å². The molecule has 0 radical (unpaired) electrons. The first-order valence-electron chi connectivity index (χ1n) is 11.8. The van der Waals surface area contributed by atoms with E-state index < -0.39 is 0 Å². The molecule has 2 atom stereocenters. The van der Waals surface area contributed by atoms with E-state index in [0.29, 0.717) is 32.1 Å². The Balaban J connectivity index is 0.000000184. The summed E-state index contributed by atoms with van der Waals surface area (Å²) in [5.41, 5.74) is 4.52. The number of benzene rings is 2. The van der Waals surface area contributed by atoms with Gasteiger partial charge in [0.05, 0.1) is 6.61 Å². The molecule has 3 N–H and O–H groups in total. The Bertz CT molecular complexity index is 974. The predicted molar refractivity (Wildman–Crippen MR) is 137 cm³/mol. The molecule has 1 aliphatic rings. The summed E-state index contributed by atoms with van der Waals surface area (Å²) in [5, 5.41) is 7.20. The van der Waals surface area contributed by atoms with E-state index in [1.54, 1.807) is 0 Å². The zero-order valence-corrected chi connectivity index (χ0v) is 20.4. The molecule has 1 amide bonds. The first-order chi connectivity index (χ1) is 16.6. The van der Waals surface area contributed by atoms with Crippen LogP contribution in [0.4, 0.5) is 5.69 Å². The van der Waals surface area contributed by atoms with Gasteiger partial charge in [0.15, 0.2) is 0 Å². The molecule has 3 aromatic rings. The second kappa shape index (κ2) is 15.6. The Morgan fingerprint density at radius 1 is 1.09 bits per heavy atom. The van der Waals surface area contributed by atoms with E-state index >= 15 is 0 Å². The van der Waals surface area contributed by atoms with E-state index in [9.17, 15) is 9.59 Å². The van der Waals surface area contributed by atoms with Crippen molar-refractivity contribution in [2.24, 2.45) is 0 Å². The number of nitrogens with one attached hydrogen (secondary N) is 3. The molecule has 4 rings (SSSR count). The van der Waals surface area contributed by atoms with Gasteiger partial charge in [0.2, 0.25) is 6.41 Å². The first kappa shape index (κ1) is 27.1. The third kappa shape index (κ3) is 9.37. The van der Waals surface area contributed by atoms with E-state index in [1.807, 2.05) is 38.1 Å². The smallest absolute Gasteiger partial charge is 0.293 e. The highest BCUT2D eigenvalue weighted by Crippen LogP contribution is 2.26. The molecule has 2 aromatic carbocycles. The van der Waals surface area contributed by atoms with Gasteiger partial charge in [-0.15, -0.1) is 0 Å². The number of H-pyrrole nitrogens is 1. The van der Waals surface area contributed by atoms with Gasteiger partial charge in [0, 0.05) is 53.9 Å². The number of hydrogen-bond donors (Lipinski definition) is 3. The van der Waals surface area contributed by atoms with Gasteiger partial charge in [-0.25, -0.2) is 0 Å². The number of amides is 1. The molecule has 7 nitrogen and oxygen atoms in total. The molecule has 0 spiro atoms. The van der Waals surface area contributed by atoms with Gasteiger partial charge < -0.3 is 25.1 Å². The zero-order valence-electron chi connectivity index (χ0n) is 20.4. The topological polar surface area (TPSA) is 92.4 Å². The standard InChI is InChI=1S/C11H15N.C10H10N2O.C6H12O3/c1-9-11(7-8-12-9)10-5-3-2-4-6-10;1-7-4-8-5-9(11-6-13)2-3-10(8)12-7;1-2-8-4-3-5-9-6-7/h2-6,9,11-12H,7-8H2,1H3;2-6,12H,1H3,(H,11,13);6H,2-5H2,1H3. The summed E-state index contributed by atoms with van der Waals surface area (Å²) >= 11 is 0. The van der Waals surface area contributed by atoms with Crippen LogP contribution in [0.5, 0.6) is 0 Å². The molecule has 1 saturated heterocycles. The molecule has 1 fully saturated rings. The molecule has 7 heteroatoms. The largest absolute Gasteiger partial charge is 0.468 e. The van der Waals surface area contributed by atoms with E-state index in [4.69, 9.17) is 4.74 Å². The molecule has 0 bridgehead atoms. The maximum atomic E-state index is 10.2. The van der Waals surface area contributed by atoms with E-state index in [0.717, 1.165) is 41.2 Å². The molecule has 34 heavy (non-hydrogen) atoms. The summed E-state index contributed by atoms with van der Waals surface area (Å²) in [6, 6.07) is 19.2. The van der Waals surface area contributed by atoms with Crippen LogP contribution in [-0.2, 0) is 19.1 Å². The quantitative estimate of drug-likeness (QED) is 0.311. The van der Waals surface area contributed by atoms with Crippen LogP contribution < -0.4 is 10.6 Å². The molecule has 1 aromatic heterocycles. The SMILES string of the molecule is CC1NCCC1c1ccccc1.CCOCCCOC=O.Cc1cc2cc(NC=O)ccc2[nH]1. The third-order valence-electron chi connectivity index (χ3n) is 5.56. The molecular formula is C27H37N3O4. The minimum absolute atomic E-state index is 0.450. The lowest BCUT2D eigenvalue weighted by molar-refractivity contribution is -0.129. The van der Waals surface area contributed by atoms with Crippen LogP contribution in [-0.4, -0.2) is 50.3 Å². The molecule has 0 saturated carbocycles. The Morgan fingerprint density at radius 2 is 1.88 bits per heavy atom. The van der Waals surface area contributed by atoms with E-state index in [1.165, 1.54) is 18.5 Å². The normalized spacial score (nSPS) is 16.6. The highest BCUT2D eigenvalue weighted by Gasteiger charge is 2.23. The fourth-order valence-corrected chi connectivity index (χ4v) is 3.89. The Morgan fingerprint density at radius 3 is 2.53 bits per heavy atom. The minimum Gasteiger partial charge on any atom is -0.468 e. The number of carbonyl (C=O) groups is 2. The van der Waals surface area contributed by atoms with Gasteiger partial charge in [-0.3, -0.25) is 9.59 Å². The predicted octanol–water partition coefficient (Wildman–Crippen LogP) is 4.78. The zero-order chi connectivity index (χ0) is 24.6. The van der Waals surface area contributed by atoms with Crippen molar-refractivity contribution >= 4 is 29.5 Å². The van der Waals surface area contributed by atoms with Gasteiger partial charge in [-0.05, 0) is 63.6 Å². The van der Waals surface area contributed by atoms with Crippen LogP contribution in [0.25, 0.3) is 10.9 Å². The summed E-state index contributed by atoms with van der Waals surface area (Å²) in [5.74, 6) is 0.728. The Labute approximate surface area is 202 Å². The first-order valence-corrected chi connectivity index (χ1v) is 11.8. The fourth-order valence-electron chi connectivity index (χ4n) is 3.89. The second-order valence-corrected chi connectivity index (χ2v) is 8.08. The summed E-state index contributed by atoms with van der Waals surface area (Å²) in [4.78, 5) is 23.0. The molecule has 0 aliphatic carbocycles. The second-order valence-electron chi connectivity index (χ2n) is 8.08. The minimum atomic E-state index is 0.450. The van der Waals surface area contributed by atoms with Crippen LogP contribution in [0.1, 0.15) is 43.9 Å². The summed E-state index contributed by atoms with van der Waals surface area (Å²) in [7, 11) is 0. The van der Waals surface area contributed by atoms with Crippen molar-refractivity contribution in [1.29, 1.82) is 0 Å². The Hall–Kier alpha value is -3.16. The van der Waals surface area contributed by atoms with Gasteiger partial charge in [-0.2, -0.15) is 0 Å². The molecule has 2 unspecified atom stereocenters. The lowest BCUT2D eigenvalue weighted by Gasteiger charge is -2.14. The highest BCUT2D eigenvalue weighted by molar-refractivity contribution is 5.86. The van der Waals surface area contributed by atoms with Crippen molar-refractivity contribution in [2.45, 2.75) is 45.6 Å². The summed E-state index contributed by atoms with van der Waals surface area (Å²) in [6.45, 7) is 9.68. The van der Waals surface area contributed by atoms with Crippen LogP contribution in [0.2, 0.25) is 0 Å². The number of aromatic nitrogens is 1. The molecule has 184 valence electrons. The third-order valence-corrected chi connectivity index (χ3v) is 5.56. The van der Waals surface area contributed by atoms with Crippen LogP contribution in [0.3, 0.4) is 0 Å². The average molecular weight is 468 g/mol. The monoisotopic (exact) mass is 467 g/mol. The average Bonchev–Trinajstić information content (AvgIpc) is 3.44. The highest BCUT2D eigenvalue weighted by atomic mass is 16.5. The number of hydrogen-bond acceptors (Lipinski definition) is 5. The number of ether oxygens (including phenoxy) is 2. The number of aromatic amines is 1. The fraction of sp³-hybridized carbons (Fsp3) is 0.407. The number of aryl methyl sites for hydroxylation is 1. The Kier molecular flexibility index (Phi) is 12.5. The number of carbonyl (C=O) groups excluding carboxylic acids is 2. The van der Waals surface area contributed by atoms with Crippen LogP contribution >= 0.6 is 0 Å². The van der Waals surface area contributed by atoms with Gasteiger partial charge >= 0.3 is 0 Å². The van der Waals surface area contributed by atoms with E-state index in [2.05, 4.69) is 57.6 Å².